The Morgan fingerprint density at radius 1 is 1.13 bits per heavy atom. The molecule has 2 aliphatic heterocycles. The van der Waals surface area contributed by atoms with Crippen LogP contribution in [-0.4, -0.2) is 62.0 Å². The lowest BCUT2D eigenvalue weighted by Crippen LogP contribution is -2.58. The van der Waals surface area contributed by atoms with Gasteiger partial charge in [0.1, 0.15) is 22.5 Å². The van der Waals surface area contributed by atoms with Crippen molar-refractivity contribution < 1.29 is 9.90 Å². The molecule has 0 bridgehead atoms. The molecule has 1 N–H and O–H groups in total. The molecule has 11 heteroatoms. The first kappa shape index (κ1) is 34.2. The minimum absolute atomic E-state index is 0.0724. The quantitative estimate of drug-likeness (QED) is 0.272. The van der Waals surface area contributed by atoms with E-state index in [9.17, 15) is 15.2 Å². The van der Waals surface area contributed by atoms with Crippen LogP contribution in [0.2, 0.25) is 0 Å². The Morgan fingerprint density at radius 2 is 1.83 bits per heavy atom. The Bertz CT molecular complexity index is 1830. The van der Waals surface area contributed by atoms with E-state index in [1.807, 2.05) is 45.2 Å². The number of allylic oxidation sites excluding steroid dienone is 5. The molecule has 0 spiro atoms. The zero-order chi connectivity index (χ0) is 34.0. The zero-order valence-corrected chi connectivity index (χ0v) is 30.0. The molecule has 47 heavy (non-hydrogen) atoms. The van der Waals surface area contributed by atoms with Crippen LogP contribution < -0.4 is 10.2 Å². The minimum Gasteiger partial charge on any atom is -0.389 e. The molecule has 1 atom stereocenters. The Hall–Kier alpha value is -4.16. The van der Waals surface area contributed by atoms with E-state index in [0.29, 0.717) is 35.0 Å². The van der Waals surface area contributed by atoms with E-state index in [1.54, 1.807) is 17.3 Å². The maximum Gasteiger partial charge on any atom is 0.234 e. The van der Waals surface area contributed by atoms with Gasteiger partial charge in [-0.05, 0) is 69.1 Å². The number of rotatable bonds is 9. The standard InChI is InChI=1S/C36H42N7O2PS/c1-8-22(3)29-15-12-25(28-17-39-31(18-38-28)36(5,6)34(45)42-20-26(44)21-42)19-43(29)33(23(4)9-2)41(7)35-40-32(30(16-37)47-35)24-10-13-27(46)14-11-24/h10-15,17-19,26,44H,8-9,20-21,46H2,1-7H3/b29-22-,33-23+. The minimum atomic E-state index is -0.869. The highest BCUT2D eigenvalue weighted by molar-refractivity contribution is 7.27. The van der Waals surface area contributed by atoms with Gasteiger partial charge in [0.25, 0.3) is 0 Å². The summed E-state index contributed by atoms with van der Waals surface area (Å²) in [7, 11) is 4.69. The van der Waals surface area contributed by atoms with Crippen molar-refractivity contribution in [3.05, 3.63) is 93.9 Å². The number of β-amino-alcohol motifs (C(OH)–C–C–N with tert-alkyl or cyclic N) is 1. The molecule has 9 nitrogen and oxygen atoms in total. The molecule has 0 aliphatic carbocycles. The van der Waals surface area contributed by atoms with Crippen molar-refractivity contribution in [1.29, 1.82) is 5.26 Å². The highest BCUT2D eigenvalue weighted by Gasteiger charge is 2.40. The van der Waals surface area contributed by atoms with Crippen LogP contribution in [0.4, 0.5) is 5.13 Å². The number of hydrogen-bond acceptors (Lipinski definition) is 9. The number of aliphatic hydroxyl groups excluding tert-OH is 1. The maximum atomic E-state index is 13.1. The fourth-order valence-electron chi connectivity index (χ4n) is 5.55. The number of nitrogens with zero attached hydrogens (tertiary/aromatic N) is 7. The molecular weight excluding hydrogens is 625 g/mol. The van der Waals surface area contributed by atoms with Crippen LogP contribution in [0.5, 0.6) is 0 Å². The molecule has 2 aromatic heterocycles. The highest BCUT2D eigenvalue weighted by Crippen LogP contribution is 2.38. The summed E-state index contributed by atoms with van der Waals surface area (Å²) in [5.74, 6) is 0.882. The number of aromatic nitrogens is 3. The van der Waals surface area contributed by atoms with Gasteiger partial charge in [0.2, 0.25) is 5.91 Å². The first-order chi connectivity index (χ1) is 22.4. The summed E-state index contributed by atoms with van der Waals surface area (Å²) in [4.78, 5) is 34.0. The number of likely N-dealkylation sites (tertiary alicyclic amines) is 1. The van der Waals surface area contributed by atoms with E-state index >= 15 is 0 Å². The SMILES string of the molecule is CC/C(C)=C1/C=CC(c2cnc(C(C)(C)C(=O)N3CC(O)C3)cn2)=CN1/C(=C(\C)CC)N(C)c1nc(-c2ccc(P)cc2)c(C#N)s1. The Morgan fingerprint density at radius 3 is 2.40 bits per heavy atom. The van der Waals surface area contributed by atoms with Crippen molar-refractivity contribution in [2.24, 2.45) is 0 Å². The van der Waals surface area contributed by atoms with Gasteiger partial charge in [-0.1, -0.05) is 49.4 Å². The third-order valence-corrected chi connectivity index (χ3v) is 10.3. The Balaban J connectivity index is 1.52. The molecule has 1 unspecified atom stereocenters. The lowest BCUT2D eigenvalue weighted by atomic mass is 9.86. The van der Waals surface area contributed by atoms with Crippen LogP contribution in [0.1, 0.15) is 70.6 Å². The molecule has 2 aliphatic rings. The summed E-state index contributed by atoms with van der Waals surface area (Å²) in [6.45, 7) is 12.9. The van der Waals surface area contributed by atoms with E-state index in [-0.39, 0.29) is 5.91 Å². The number of anilines is 1. The maximum absolute atomic E-state index is 13.1. The lowest BCUT2D eigenvalue weighted by Gasteiger charge is -2.40. The van der Waals surface area contributed by atoms with E-state index in [4.69, 9.17) is 15.0 Å². The van der Waals surface area contributed by atoms with Gasteiger partial charge in [0.05, 0.1) is 35.3 Å². The molecule has 3 aromatic rings. The van der Waals surface area contributed by atoms with Crippen LogP contribution in [-0.2, 0) is 10.2 Å². The fourth-order valence-corrected chi connectivity index (χ4v) is 6.59. The number of aliphatic hydroxyl groups is 1. The molecule has 244 valence electrons. The number of amides is 1. The largest absolute Gasteiger partial charge is 0.389 e. The number of carbonyl (C=O) groups is 1. The summed E-state index contributed by atoms with van der Waals surface area (Å²) >= 11 is 1.38. The molecule has 4 heterocycles. The predicted molar refractivity (Wildman–Crippen MR) is 193 cm³/mol. The van der Waals surface area contributed by atoms with Gasteiger partial charge in [0.15, 0.2) is 5.13 Å². The van der Waals surface area contributed by atoms with E-state index in [2.05, 4.69) is 71.2 Å². The second-order valence-electron chi connectivity index (χ2n) is 12.5. The van der Waals surface area contributed by atoms with Gasteiger partial charge in [-0.2, -0.15) is 5.26 Å². The fraction of sp³-hybridized carbons (Fsp3) is 0.361. The van der Waals surface area contributed by atoms with E-state index in [1.165, 1.54) is 16.9 Å². The summed E-state index contributed by atoms with van der Waals surface area (Å²) in [6, 6.07) is 10.3. The summed E-state index contributed by atoms with van der Waals surface area (Å²) < 4.78 is 0. The van der Waals surface area contributed by atoms with Gasteiger partial charge in [-0.15, -0.1) is 9.24 Å². The number of hydrogen-bond donors (Lipinski definition) is 1. The predicted octanol–water partition coefficient (Wildman–Crippen LogP) is 6.13. The smallest absolute Gasteiger partial charge is 0.234 e. The van der Waals surface area contributed by atoms with E-state index in [0.717, 1.165) is 51.5 Å². The van der Waals surface area contributed by atoms with Gasteiger partial charge < -0.3 is 19.8 Å². The lowest BCUT2D eigenvalue weighted by molar-refractivity contribution is -0.146. The highest BCUT2D eigenvalue weighted by atomic mass is 32.1. The zero-order valence-electron chi connectivity index (χ0n) is 28.1. The van der Waals surface area contributed by atoms with Crippen LogP contribution in [0, 0.1) is 11.3 Å². The number of benzene rings is 1. The molecule has 0 saturated carbocycles. The summed E-state index contributed by atoms with van der Waals surface area (Å²) in [5, 5.41) is 21.5. The normalized spacial score (nSPS) is 16.7. The van der Waals surface area contributed by atoms with Crippen molar-refractivity contribution in [2.75, 3.05) is 25.0 Å². The molecule has 0 radical (unpaired) electrons. The summed E-state index contributed by atoms with van der Waals surface area (Å²) in [5.41, 5.74) is 6.28. The molecule has 1 amide bonds. The van der Waals surface area contributed by atoms with Crippen LogP contribution in [0.25, 0.3) is 16.8 Å². The van der Waals surface area contributed by atoms with Crippen molar-refractivity contribution in [3.8, 4) is 17.3 Å². The molecule has 1 fully saturated rings. The third-order valence-electron chi connectivity index (χ3n) is 8.83. The van der Waals surface area contributed by atoms with Crippen LogP contribution in [0.15, 0.2) is 77.7 Å². The number of thiazole rings is 1. The number of nitriles is 1. The first-order valence-electron chi connectivity index (χ1n) is 15.8. The molecule has 1 saturated heterocycles. The Kier molecular flexibility index (Phi) is 10.1. The second kappa shape index (κ2) is 13.9. The molecule has 1 aromatic carbocycles. The summed E-state index contributed by atoms with van der Waals surface area (Å²) in [6.07, 6.45) is 10.9. The average Bonchev–Trinajstić information content (AvgIpc) is 3.51. The molecular formula is C36H42N7O2PS. The average molecular weight is 668 g/mol. The van der Waals surface area contributed by atoms with Crippen LogP contribution >= 0.6 is 20.6 Å². The van der Waals surface area contributed by atoms with Gasteiger partial charge in [-0.25, -0.2) is 4.98 Å². The van der Waals surface area contributed by atoms with Gasteiger partial charge >= 0.3 is 0 Å². The van der Waals surface area contributed by atoms with Crippen molar-refractivity contribution >= 4 is 42.5 Å². The first-order valence-corrected chi connectivity index (χ1v) is 17.2. The second-order valence-corrected chi connectivity index (χ2v) is 14.2. The van der Waals surface area contributed by atoms with Crippen molar-refractivity contribution in [2.45, 2.75) is 65.9 Å². The monoisotopic (exact) mass is 667 g/mol. The van der Waals surface area contributed by atoms with Crippen LogP contribution in [0.3, 0.4) is 0 Å². The number of carbonyl (C=O) groups excluding carboxylic acids is 1. The van der Waals surface area contributed by atoms with Gasteiger partial charge in [0, 0.05) is 43.2 Å². The van der Waals surface area contributed by atoms with Gasteiger partial charge in [-0.3, -0.25) is 14.8 Å². The van der Waals surface area contributed by atoms with Crippen molar-refractivity contribution in [1.82, 2.24) is 24.8 Å². The topological polar surface area (TPSA) is 109 Å². The van der Waals surface area contributed by atoms with Crippen molar-refractivity contribution in [3.63, 3.8) is 0 Å². The third kappa shape index (κ3) is 6.80. The van der Waals surface area contributed by atoms with E-state index < -0.39 is 11.5 Å². The Labute approximate surface area is 283 Å². The molecule has 5 rings (SSSR count).